The Morgan fingerprint density at radius 3 is 2.92 bits per heavy atom. The molecule has 0 fully saturated rings. The Kier molecular flexibility index (Phi) is 2.97. The number of hydrogen-bond acceptors (Lipinski definition) is 4. The van der Waals surface area contributed by atoms with E-state index in [4.69, 9.17) is 16.7 Å². The van der Waals surface area contributed by atoms with Crippen LogP contribution in [0, 0.1) is 10.1 Å². The number of halogens is 1. The molecule has 7 heteroatoms. The topological polar surface area (TPSA) is 75.7 Å². The summed E-state index contributed by atoms with van der Waals surface area (Å²) in [5.74, 6) is -0.246. The molecule has 0 aliphatic carbocycles. The van der Waals surface area contributed by atoms with Crippen molar-refractivity contribution in [2.24, 2.45) is 4.99 Å². The highest BCUT2D eigenvalue weighted by molar-refractivity contribution is 6.17. The van der Waals surface area contributed by atoms with Crippen LogP contribution in [0.2, 0.25) is 0 Å². The second-order valence-corrected chi connectivity index (χ2v) is 2.82. The number of rotatable bonds is 3. The van der Waals surface area contributed by atoms with Crippen molar-refractivity contribution in [3.63, 3.8) is 0 Å². The highest BCUT2D eigenvalue weighted by atomic mass is 35.5. The maximum atomic E-state index is 10.5. The van der Waals surface area contributed by atoms with Crippen LogP contribution in [-0.4, -0.2) is 39.6 Å². The summed E-state index contributed by atoms with van der Waals surface area (Å²) in [6, 6.07) is -0.00310. The molecule has 0 aromatic carbocycles. The van der Waals surface area contributed by atoms with E-state index in [9.17, 15) is 10.1 Å². The van der Waals surface area contributed by atoms with E-state index in [0.29, 0.717) is 0 Å². The summed E-state index contributed by atoms with van der Waals surface area (Å²) in [5.41, 5.74) is 0. The minimum Gasteiger partial charge on any atom is -0.390 e. The van der Waals surface area contributed by atoms with Crippen LogP contribution in [0.4, 0.5) is 0 Å². The van der Waals surface area contributed by atoms with Crippen LogP contribution in [-0.2, 0) is 0 Å². The van der Waals surface area contributed by atoms with Gasteiger partial charge in [-0.25, -0.2) is 0 Å². The van der Waals surface area contributed by atoms with Crippen LogP contribution >= 0.6 is 11.6 Å². The van der Waals surface area contributed by atoms with E-state index >= 15 is 0 Å². The maximum Gasteiger partial charge on any atom is 0.544 e. The molecule has 0 bridgehead atoms. The molecule has 0 spiro atoms. The van der Waals surface area contributed by atoms with Gasteiger partial charge in [0.05, 0.1) is 6.61 Å². The van der Waals surface area contributed by atoms with Gasteiger partial charge in [-0.3, -0.25) is 0 Å². The predicted molar refractivity (Wildman–Crippen MR) is 46.5 cm³/mol. The van der Waals surface area contributed by atoms with E-state index in [1.165, 1.54) is 12.4 Å². The molecule has 0 radical (unpaired) electrons. The molecular weight excluding hydrogens is 198 g/mol. The van der Waals surface area contributed by atoms with Gasteiger partial charge in [0.15, 0.2) is 18.4 Å². The quantitative estimate of drug-likeness (QED) is 0.234. The summed E-state index contributed by atoms with van der Waals surface area (Å²) in [5, 5.41) is 19.3. The summed E-state index contributed by atoms with van der Waals surface area (Å²) >= 11 is 5.61. The van der Waals surface area contributed by atoms with Crippen molar-refractivity contribution >= 4 is 17.6 Å². The number of quaternary nitrogens is 1. The first kappa shape index (κ1) is 10.1. The van der Waals surface area contributed by atoms with Crippen molar-refractivity contribution in [2.45, 2.75) is 0 Å². The maximum absolute atomic E-state index is 10.5. The Morgan fingerprint density at radius 1 is 1.77 bits per heavy atom. The SMILES string of the molecule is O=[N+]([O-])C1=NC=C[N@@+]1(CCl)CCO. The number of alkyl halides is 1. The van der Waals surface area contributed by atoms with Gasteiger partial charge in [-0.15, -0.1) is 0 Å². The van der Waals surface area contributed by atoms with Gasteiger partial charge in [0.2, 0.25) is 0 Å². The Balaban J connectivity index is 2.92. The molecule has 0 aromatic heterocycles. The third-order valence-corrected chi connectivity index (χ3v) is 2.24. The average Bonchev–Trinajstić information content (AvgIpc) is 2.50. The summed E-state index contributed by atoms with van der Waals surface area (Å²) in [7, 11) is 0. The van der Waals surface area contributed by atoms with Crippen LogP contribution < -0.4 is 0 Å². The normalized spacial score (nSPS) is 26.2. The lowest BCUT2D eigenvalue weighted by atomic mass is 10.5. The first-order valence-electron chi connectivity index (χ1n) is 3.60. The van der Waals surface area contributed by atoms with Crippen molar-refractivity contribution in [1.29, 1.82) is 0 Å². The molecule has 0 unspecified atom stereocenters. The Labute approximate surface area is 79.5 Å². The van der Waals surface area contributed by atoms with E-state index in [1.54, 1.807) is 0 Å². The molecule has 1 atom stereocenters. The third kappa shape index (κ3) is 1.69. The molecule has 0 saturated carbocycles. The first-order chi connectivity index (χ1) is 6.16. The summed E-state index contributed by atoms with van der Waals surface area (Å²) in [6.07, 6.45) is 2.83. The van der Waals surface area contributed by atoms with Gasteiger partial charge in [-0.1, -0.05) is 11.6 Å². The molecule has 72 valence electrons. The number of nitro groups is 1. The molecule has 6 nitrogen and oxygen atoms in total. The third-order valence-electron chi connectivity index (χ3n) is 1.82. The van der Waals surface area contributed by atoms with Crippen LogP contribution in [0.5, 0.6) is 0 Å². The second kappa shape index (κ2) is 3.82. The minimum absolute atomic E-state index is 0.00310. The fourth-order valence-corrected chi connectivity index (χ4v) is 1.43. The highest BCUT2D eigenvalue weighted by Crippen LogP contribution is 2.17. The van der Waals surface area contributed by atoms with Crippen molar-refractivity contribution in [2.75, 3.05) is 19.2 Å². The smallest absolute Gasteiger partial charge is 0.390 e. The molecule has 1 rings (SSSR count). The molecular formula is C6H9ClN3O3+. The monoisotopic (exact) mass is 206 g/mol. The molecule has 1 aliphatic heterocycles. The van der Waals surface area contributed by atoms with E-state index in [2.05, 4.69) is 4.99 Å². The number of hydrogen-bond donors (Lipinski definition) is 1. The first-order valence-corrected chi connectivity index (χ1v) is 4.14. The van der Waals surface area contributed by atoms with E-state index in [-0.39, 0.29) is 29.6 Å². The van der Waals surface area contributed by atoms with Gasteiger partial charge in [-0.05, 0) is 0 Å². The number of guanidine groups is 1. The van der Waals surface area contributed by atoms with E-state index in [0.717, 1.165) is 0 Å². The summed E-state index contributed by atoms with van der Waals surface area (Å²) in [4.78, 5) is 13.5. The fraction of sp³-hybridized carbons (Fsp3) is 0.500. The number of aliphatic hydroxyl groups is 1. The lowest BCUT2D eigenvalue weighted by Crippen LogP contribution is -2.50. The molecule has 13 heavy (non-hydrogen) atoms. The second-order valence-electron chi connectivity index (χ2n) is 2.59. The largest absolute Gasteiger partial charge is 0.544 e. The molecule has 0 amide bonds. The van der Waals surface area contributed by atoms with Gasteiger partial charge in [-0.2, -0.15) is 4.48 Å². The van der Waals surface area contributed by atoms with E-state index in [1.807, 2.05) is 0 Å². The number of nitrogens with zero attached hydrogens (tertiary/aromatic N) is 3. The average molecular weight is 207 g/mol. The Hall–Kier alpha value is -0.980. The molecule has 0 saturated heterocycles. The van der Waals surface area contributed by atoms with Crippen LogP contribution in [0.3, 0.4) is 0 Å². The van der Waals surface area contributed by atoms with Crippen molar-refractivity contribution in [3.8, 4) is 0 Å². The van der Waals surface area contributed by atoms with Gasteiger partial charge in [0.1, 0.15) is 6.54 Å². The standard InChI is InChI=1S/C6H9ClN3O3/c7-5-10(3-4-11)2-1-8-6(10)9(12)13/h1-2,11H,3-5H2/q+1/t10-/m0/s1. The van der Waals surface area contributed by atoms with Gasteiger partial charge < -0.3 is 15.2 Å². The lowest BCUT2D eigenvalue weighted by molar-refractivity contribution is -0.811. The molecule has 1 heterocycles. The number of aliphatic imine (C=N–C) groups is 1. The van der Waals surface area contributed by atoms with Crippen LogP contribution in [0.25, 0.3) is 0 Å². The summed E-state index contributed by atoms with van der Waals surface area (Å²) < 4.78 is -0.203. The van der Waals surface area contributed by atoms with Crippen LogP contribution in [0.15, 0.2) is 17.4 Å². The zero-order valence-corrected chi connectivity index (χ0v) is 7.52. The predicted octanol–water partition coefficient (Wildman–Crippen LogP) is 0.109. The van der Waals surface area contributed by atoms with Crippen LogP contribution in [0.1, 0.15) is 0 Å². The molecule has 1 aliphatic rings. The zero-order chi connectivity index (χ0) is 9.90. The highest BCUT2D eigenvalue weighted by Gasteiger charge is 2.44. The van der Waals surface area contributed by atoms with Gasteiger partial charge in [0, 0.05) is 9.92 Å². The lowest BCUT2D eigenvalue weighted by Gasteiger charge is -2.22. The zero-order valence-electron chi connectivity index (χ0n) is 6.76. The Bertz CT molecular complexity index is 278. The minimum atomic E-state index is -0.585. The molecule has 1 N–H and O–H groups in total. The number of aliphatic hydroxyl groups excluding tert-OH is 1. The Morgan fingerprint density at radius 2 is 2.46 bits per heavy atom. The van der Waals surface area contributed by atoms with Gasteiger partial charge in [0.25, 0.3) is 0 Å². The van der Waals surface area contributed by atoms with Crippen molar-refractivity contribution in [3.05, 3.63) is 22.5 Å². The van der Waals surface area contributed by atoms with Crippen molar-refractivity contribution < 1.29 is 14.5 Å². The summed E-state index contributed by atoms with van der Waals surface area (Å²) in [6.45, 7) is -0.0102. The fourth-order valence-electron chi connectivity index (χ4n) is 1.13. The van der Waals surface area contributed by atoms with Gasteiger partial charge >= 0.3 is 5.96 Å². The molecule has 0 aromatic rings. The van der Waals surface area contributed by atoms with E-state index < -0.39 is 4.92 Å². The van der Waals surface area contributed by atoms with Crippen molar-refractivity contribution in [1.82, 2.24) is 0 Å².